The predicted octanol–water partition coefficient (Wildman–Crippen LogP) is 6.37. The van der Waals surface area contributed by atoms with E-state index in [0.29, 0.717) is 0 Å². The van der Waals surface area contributed by atoms with Crippen LogP contribution in [-0.4, -0.2) is 23.1 Å². The summed E-state index contributed by atoms with van der Waals surface area (Å²) >= 11 is 0. The van der Waals surface area contributed by atoms with Crippen LogP contribution in [0.3, 0.4) is 0 Å². The third-order valence-corrected chi connectivity index (χ3v) is 6.20. The number of fused-ring (bicyclic) bond motifs is 3. The van der Waals surface area contributed by atoms with E-state index in [4.69, 9.17) is 0 Å². The van der Waals surface area contributed by atoms with E-state index in [1.165, 1.54) is 46.3 Å². The number of benzene rings is 2. The van der Waals surface area contributed by atoms with Crippen molar-refractivity contribution >= 4 is 10.9 Å². The van der Waals surface area contributed by atoms with Crippen LogP contribution in [0.2, 0.25) is 0 Å². The van der Waals surface area contributed by atoms with Crippen LogP contribution in [-0.2, 0) is 32.1 Å². The summed E-state index contributed by atoms with van der Waals surface area (Å²) in [6, 6.07) is 12.3. The first-order chi connectivity index (χ1) is 14.3. The molecule has 0 amide bonds. The lowest BCUT2D eigenvalue weighted by molar-refractivity contribution is -0.137. The molecule has 0 fully saturated rings. The maximum Gasteiger partial charge on any atom is 0.416 e. The summed E-state index contributed by atoms with van der Waals surface area (Å²) in [5.41, 5.74) is 5.93. The molecule has 0 N–H and O–H groups in total. The molecule has 0 spiro atoms. The Balaban J connectivity index is 1.47. The summed E-state index contributed by atoms with van der Waals surface area (Å²) in [5, 5.41) is 1.38. The number of hydrogen-bond donors (Lipinski definition) is 0. The fraction of sp³-hybridized carbons (Fsp3) is 0.440. The van der Waals surface area contributed by atoms with Gasteiger partial charge in [0, 0.05) is 29.7 Å². The van der Waals surface area contributed by atoms with Crippen molar-refractivity contribution in [1.29, 1.82) is 0 Å². The first kappa shape index (κ1) is 21.0. The van der Waals surface area contributed by atoms with E-state index in [1.807, 2.05) is 0 Å². The Bertz CT molecular complexity index is 1020. The zero-order valence-corrected chi connectivity index (χ0v) is 17.7. The van der Waals surface area contributed by atoms with Crippen LogP contribution in [0.4, 0.5) is 13.2 Å². The van der Waals surface area contributed by atoms with Crippen molar-refractivity contribution in [2.45, 2.75) is 58.3 Å². The zero-order chi connectivity index (χ0) is 21.3. The average Bonchev–Trinajstić information content (AvgIpc) is 2.84. The van der Waals surface area contributed by atoms with Gasteiger partial charge < -0.3 is 9.47 Å². The van der Waals surface area contributed by atoms with Gasteiger partial charge in [-0.05, 0) is 88.0 Å². The molecule has 1 aromatic heterocycles. The summed E-state index contributed by atoms with van der Waals surface area (Å²) in [4.78, 5) is 2.41. The van der Waals surface area contributed by atoms with Crippen molar-refractivity contribution in [2.75, 3.05) is 13.6 Å². The normalized spacial score (nSPS) is 15.4. The van der Waals surface area contributed by atoms with Gasteiger partial charge in [-0.25, -0.2) is 0 Å². The fourth-order valence-corrected chi connectivity index (χ4v) is 4.63. The molecule has 2 aromatic carbocycles. The minimum atomic E-state index is -4.27. The average molecular weight is 415 g/mol. The lowest BCUT2D eigenvalue weighted by Crippen LogP contribution is -2.17. The zero-order valence-electron chi connectivity index (χ0n) is 17.7. The van der Waals surface area contributed by atoms with Crippen LogP contribution in [0.15, 0.2) is 42.5 Å². The standard InChI is InChI=1S/C25H29F3N2/c1-18-8-13-24-21(16-18)22-17-29(2)14-5-7-23(22)30(24)15-4-3-6-19-9-11-20(12-10-19)25(26,27)28/h8-13,16H,3-7,14-15,17H2,1-2H3. The van der Waals surface area contributed by atoms with Crippen LogP contribution in [0.5, 0.6) is 0 Å². The van der Waals surface area contributed by atoms with Gasteiger partial charge in [0.15, 0.2) is 0 Å². The Kier molecular flexibility index (Phi) is 5.92. The number of unbranched alkanes of at least 4 members (excludes halogenated alkanes) is 1. The summed E-state index contributed by atoms with van der Waals surface area (Å²) in [7, 11) is 2.19. The van der Waals surface area contributed by atoms with Crippen molar-refractivity contribution in [2.24, 2.45) is 0 Å². The summed E-state index contributed by atoms with van der Waals surface area (Å²) < 4.78 is 40.7. The van der Waals surface area contributed by atoms with Crippen LogP contribution < -0.4 is 0 Å². The van der Waals surface area contributed by atoms with Crippen LogP contribution >= 0.6 is 0 Å². The van der Waals surface area contributed by atoms with Crippen LogP contribution in [0.1, 0.15) is 47.2 Å². The number of halogens is 3. The molecule has 160 valence electrons. The largest absolute Gasteiger partial charge is 0.416 e. The summed E-state index contributed by atoms with van der Waals surface area (Å²) in [5.74, 6) is 0. The maximum absolute atomic E-state index is 12.7. The summed E-state index contributed by atoms with van der Waals surface area (Å²) in [6.45, 7) is 5.22. The van der Waals surface area contributed by atoms with E-state index >= 15 is 0 Å². The molecule has 3 aromatic rings. The van der Waals surface area contributed by atoms with Gasteiger partial charge in [0.1, 0.15) is 0 Å². The molecule has 0 bridgehead atoms. The first-order valence-electron chi connectivity index (χ1n) is 10.8. The number of rotatable bonds is 5. The lowest BCUT2D eigenvalue weighted by atomic mass is 10.1. The molecule has 30 heavy (non-hydrogen) atoms. The van der Waals surface area contributed by atoms with Gasteiger partial charge in [-0.3, -0.25) is 0 Å². The van der Waals surface area contributed by atoms with Gasteiger partial charge >= 0.3 is 6.18 Å². The summed E-state index contributed by atoms with van der Waals surface area (Å²) in [6.07, 6.45) is 0.794. The van der Waals surface area contributed by atoms with E-state index < -0.39 is 11.7 Å². The van der Waals surface area contributed by atoms with Gasteiger partial charge in [-0.1, -0.05) is 23.8 Å². The topological polar surface area (TPSA) is 8.17 Å². The smallest absolute Gasteiger partial charge is 0.344 e. The third kappa shape index (κ3) is 4.41. The highest BCUT2D eigenvalue weighted by Gasteiger charge is 2.29. The van der Waals surface area contributed by atoms with E-state index in [0.717, 1.165) is 50.9 Å². The van der Waals surface area contributed by atoms with Crippen molar-refractivity contribution in [1.82, 2.24) is 9.47 Å². The van der Waals surface area contributed by atoms with Crippen LogP contribution in [0.25, 0.3) is 10.9 Å². The van der Waals surface area contributed by atoms with Gasteiger partial charge in [0.25, 0.3) is 0 Å². The van der Waals surface area contributed by atoms with Crippen molar-refractivity contribution in [3.8, 4) is 0 Å². The number of alkyl halides is 3. The van der Waals surface area contributed by atoms with Gasteiger partial charge in [-0.2, -0.15) is 13.2 Å². The predicted molar refractivity (Wildman–Crippen MR) is 116 cm³/mol. The number of aromatic nitrogens is 1. The highest BCUT2D eigenvalue weighted by molar-refractivity contribution is 5.86. The molecular formula is C25H29F3N2. The van der Waals surface area contributed by atoms with Crippen molar-refractivity contribution in [3.63, 3.8) is 0 Å². The molecule has 1 aliphatic rings. The van der Waals surface area contributed by atoms with Gasteiger partial charge in [0.05, 0.1) is 5.56 Å². The SMILES string of the molecule is Cc1ccc2c(c1)c1c(n2CCCCc2ccc(C(F)(F)F)cc2)CCCN(C)C1. The highest BCUT2D eigenvalue weighted by atomic mass is 19.4. The maximum atomic E-state index is 12.7. The van der Waals surface area contributed by atoms with E-state index in [-0.39, 0.29) is 0 Å². The lowest BCUT2D eigenvalue weighted by Gasteiger charge is -2.12. The Labute approximate surface area is 176 Å². The molecule has 0 saturated carbocycles. The minimum Gasteiger partial charge on any atom is -0.344 e. The Morgan fingerprint density at radius 3 is 2.50 bits per heavy atom. The molecule has 0 aliphatic carbocycles. The monoisotopic (exact) mass is 414 g/mol. The van der Waals surface area contributed by atoms with E-state index in [1.54, 1.807) is 12.1 Å². The molecule has 0 saturated heterocycles. The second-order valence-electron chi connectivity index (χ2n) is 8.59. The molecule has 0 radical (unpaired) electrons. The highest BCUT2D eigenvalue weighted by Crippen LogP contribution is 2.32. The molecule has 2 nitrogen and oxygen atoms in total. The van der Waals surface area contributed by atoms with Gasteiger partial charge in [-0.15, -0.1) is 0 Å². The quantitative estimate of drug-likeness (QED) is 0.441. The van der Waals surface area contributed by atoms with E-state index in [9.17, 15) is 13.2 Å². The number of nitrogens with zero attached hydrogens (tertiary/aromatic N) is 2. The fourth-order valence-electron chi connectivity index (χ4n) is 4.63. The van der Waals surface area contributed by atoms with E-state index in [2.05, 4.69) is 41.6 Å². The Morgan fingerprint density at radius 2 is 1.77 bits per heavy atom. The van der Waals surface area contributed by atoms with Gasteiger partial charge in [0.2, 0.25) is 0 Å². The second-order valence-corrected chi connectivity index (χ2v) is 8.59. The molecular weight excluding hydrogens is 385 g/mol. The Hall–Kier alpha value is -2.27. The van der Waals surface area contributed by atoms with Crippen molar-refractivity contribution in [3.05, 3.63) is 70.4 Å². The molecule has 4 rings (SSSR count). The molecule has 1 aliphatic heterocycles. The molecule has 0 atom stereocenters. The minimum absolute atomic E-state index is 0.576. The van der Waals surface area contributed by atoms with Crippen LogP contribution in [0, 0.1) is 6.92 Å². The Morgan fingerprint density at radius 1 is 1.00 bits per heavy atom. The molecule has 2 heterocycles. The number of hydrogen-bond acceptors (Lipinski definition) is 1. The third-order valence-electron chi connectivity index (χ3n) is 6.20. The number of aryl methyl sites for hydroxylation is 3. The molecule has 0 unspecified atom stereocenters. The second kappa shape index (κ2) is 8.46. The molecule has 5 heteroatoms. The first-order valence-corrected chi connectivity index (χ1v) is 10.8. The van der Waals surface area contributed by atoms with Crippen molar-refractivity contribution < 1.29 is 13.2 Å².